The van der Waals surface area contributed by atoms with Crippen molar-refractivity contribution in [1.82, 2.24) is 9.80 Å². The highest BCUT2D eigenvalue weighted by Crippen LogP contribution is 2.38. The first-order valence-electron chi connectivity index (χ1n) is 8.83. The van der Waals surface area contributed by atoms with Gasteiger partial charge in [0.2, 0.25) is 0 Å². The van der Waals surface area contributed by atoms with E-state index >= 15 is 0 Å². The second-order valence-electron chi connectivity index (χ2n) is 7.15. The first-order chi connectivity index (χ1) is 12.2. The molecule has 4 heterocycles. The third-order valence-electron chi connectivity index (χ3n) is 5.53. The number of hydrogen-bond acceptors (Lipinski definition) is 5. The number of hydrogen-bond donors (Lipinski definition) is 0. The minimum atomic E-state index is -0.0620. The molecule has 0 bridgehead atoms. The Labute approximate surface area is 152 Å². The molecule has 0 radical (unpaired) electrons. The van der Waals surface area contributed by atoms with Gasteiger partial charge in [-0.05, 0) is 49.9 Å². The Morgan fingerprint density at radius 2 is 2.24 bits per heavy atom. The van der Waals surface area contributed by atoms with Crippen LogP contribution in [0.3, 0.4) is 0 Å². The van der Waals surface area contributed by atoms with Crippen LogP contribution in [-0.2, 0) is 11.3 Å². The molecule has 4 rings (SSSR count). The number of likely N-dealkylation sites (N-methyl/N-ethyl adjacent to an activating group) is 1. The fourth-order valence-electron chi connectivity index (χ4n) is 3.92. The zero-order valence-electron chi connectivity index (χ0n) is 14.5. The Balaban J connectivity index is 1.32. The van der Waals surface area contributed by atoms with E-state index in [1.165, 1.54) is 0 Å². The lowest BCUT2D eigenvalue weighted by Crippen LogP contribution is -2.47. The van der Waals surface area contributed by atoms with Gasteiger partial charge in [0, 0.05) is 24.5 Å². The Bertz CT molecular complexity index is 690. The monoisotopic (exact) mass is 360 g/mol. The van der Waals surface area contributed by atoms with E-state index in [2.05, 4.69) is 11.9 Å². The van der Waals surface area contributed by atoms with Crippen molar-refractivity contribution in [2.24, 2.45) is 0 Å². The Kier molecular flexibility index (Phi) is 4.67. The van der Waals surface area contributed by atoms with Crippen LogP contribution in [0.5, 0.6) is 0 Å². The van der Waals surface area contributed by atoms with Gasteiger partial charge < -0.3 is 14.1 Å². The lowest BCUT2D eigenvalue weighted by Gasteiger charge is -2.38. The lowest BCUT2D eigenvalue weighted by molar-refractivity contribution is -0.0393. The first kappa shape index (κ1) is 16.8. The van der Waals surface area contributed by atoms with Gasteiger partial charge in [-0.25, -0.2) is 0 Å². The van der Waals surface area contributed by atoms with Crippen LogP contribution in [0, 0.1) is 0 Å². The zero-order chi connectivity index (χ0) is 17.3. The van der Waals surface area contributed by atoms with Crippen molar-refractivity contribution >= 4 is 17.2 Å². The van der Waals surface area contributed by atoms with Crippen LogP contribution < -0.4 is 0 Å². The van der Waals surface area contributed by atoms with Crippen molar-refractivity contribution in [2.45, 2.75) is 37.5 Å². The Morgan fingerprint density at radius 1 is 1.40 bits per heavy atom. The van der Waals surface area contributed by atoms with Gasteiger partial charge in [-0.1, -0.05) is 0 Å². The smallest absolute Gasteiger partial charge is 0.254 e. The molecule has 2 fully saturated rings. The molecule has 2 aromatic heterocycles. The van der Waals surface area contributed by atoms with Crippen molar-refractivity contribution in [3.05, 3.63) is 46.5 Å². The highest BCUT2D eigenvalue weighted by Gasteiger charge is 2.44. The summed E-state index contributed by atoms with van der Waals surface area (Å²) in [7, 11) is 2.13. The summed E-state index contributed by atoms with van der Waals surface area (Å²) in [6, 6.07) is 6.25. The van der Waals surface area contributed by atoms with Crippen LogP contribution in [0.1, 0.15) is 35.4 Å². The fraction of sp³-hybridized carbons (Fsp3) is 0.526. The molecule has 134 valence electrons. The van der Waals surface area contributed by atoms with Crippen LogP contribution in [0.4, 0.5) is 0 Å². The standard InChI is InChI=1S/C19H24N2O3S/c1-20(12-17-3-2-9-23-17)16-11-19(24-13-16)5-7-21(8-6-19)18(22)15-4-10-25-14-15/h2-4,9-10,14,16H,5-8,11-13H2,1H3. The molecule has 0 saturated carbocycles. The minimum absolute atomic E-state index is 0.0620. The van der Waals surface area contributed by atoms with Crippen molar-refractivity contribution in [3.8, 4) is 0 Å². The number of nitrogens with zero attached hydrogens (tertiary/aromatic N) is 2. The van der Waals surface area contributed by atoms with Crippen molar-refractivity contribution in [1.29, 1.82) is 0 Å². The van der Waals surface area contributed by atoms with E-state index < -0.39 is 0 Å². The molecule has 1 amide bonds. The van der Waals surface area contributed by atoms with Gasteiger partial charge in [-0.2, -0.15) is 11.3 Å². The van der Waals surface area contributed by atoms with Gasteiger partial charge in [0.15, 0.2) is 0 Å². The van der Waals surface area contributed by atoms with Crippen LogP contribution in [0.15, 0.2) is 39.6 Å². The number of furan rings is 1. The SMILES string of the molecule is CN(Cc1ccco1)C1COC2(CCN(C(=O)c3ccsc3)CC2)C1. The van der Waals surface area contributed by atoms with E-state index in [-0.39, 0.29) is 11.5 Å². The molecular formula is C19H24N2O3S. The van der Waals surface area contributed by atoms with Crippen LogP contribution in [0.25, 0.3) is 0 Å². The van der Waals surface area contributed by atoms with Gasteiger partial charge in [0.25, 0.3) is 5.91 Å². The van der Waals surface area contributed by atoms with Gasteiger partial charge >= 0.3 is 0 Å². The van der Waals surface area contributed by atoms with Crippen LogP contribution in [0.2, 0.25) is 0 Å². The number of carbonyl (C=O) groups is 1. The molecule has 0 aromatic carbocycles. The number of likely N-dealkylation sites (tertiary alicyclic amines) is 1. The predicted octanol–water partition coefficient (Wildman–Crippen LogP) is 3.24. The summed E-state index contributed by atoms with van der Waals surface area (Å²) in [5.74, 6) is 1.14. The number of carbonyl (C=O) groups excluding carboxylic acids is 1. The molecule has 2 saturated heterocycles. The Morgan fingerprint density at radius 3 is 2.92 bits per heavy atom. The topological polar surface area (TPSA) is 45.9 Å². The first-order valence-corrected chi connectivity index (χ1v) is 9.78. The second kappa shape index (κ2) is 6.94. The minimum Gasteiger partial charge on any atom is -0.468 e. The molecule has 25 heavy (non-hydrogen) atoms. The molecule has 2 aromatic rings. The summed E-state index contributed by atoms with van der Waals surface area (Å²) in [5.41, 5.74) is 0.748. The molecule has 0 aliphatic carbocycles. The van der Waals surface area contributed by atoms with E-state index in [9.17, 15) is 4.79 Å². The summed E-state index contributed by atoms with van der Waals surface area (Å²) >= 11 is 1.57. The van der Waals surface area contributed by atoms with Gasteiger partial charge in [0.05, 0.1) is 30.6 Å². The number of piperidine rings is 1. The van der Waals surface area contributed by atoms with Crippen LogP contribution >= 0.6 is 11.3 Å². The summed E-state index contributed by atoms with van der Waals surface area (Å²) in [4.78, 5) is 16.8. The predicted molar refractivity (Wildman–Crippen MR) is 96.7 cm³/mol. The summed E-state index contributed by atoms with van der Waals surface area (Å²) in [6.45, 7) is 3.13. The fourth-order valence-corrected chi connectivity index (χ4v) is 4.55. The molecular weight excluding hydrogens is 336 g/mol. The molecule has 6 heteroatoms. The maximum Gasteiger partial charge on any atom is 0.254 e. The van der Waals surface area contributed by atoms with Crippen molar-refractivity contribution in [3.63, 3.8) is 0 Å². The summed E-state index contributed by atoms with van der Waals surface area (Å²) in [5, 5.41) is 3.89. The van der Waals surface area contributed by atoms with Gasteiger partial charge in [0.1, 0.15) is 5.76 Å². The summed E-state index contributed by atoms with van der Waals surface area (Å²) < 4.78 is 11.7. The quantitative estimate of drug-likeness (QED) is 0.840. The van der Waals surface area contributed by atoms with E-state index in [4.69, 9.17) is 9.15 Å². The van der Waals surface area contributed by atoms with E-state index in [1.54, 1.807) is 17.6 Å². The zero-order valence-corrected chi connectivity index (χ0v) is 15.3. The number of amides is 1. The third-order valence-corrected chi connectivity index (χ3v) is 6.21. The van der Waals surface area contributed by atoms with Crippen molar-refractivity contribution in [2.75, 3.05) is 26.7 Å². The number of thiophene rings is 1. The van der Waals surface area contributed by atoms with E-state index in [1.807, 2.05) is 33.9 Å². The van der Waals surface area contributed by atoms with Gasteiger partial charge in [-0.15, -0.1) is 0 Å². The van der Waals surface area contributed by atoms with Gasteiger partial charge in [-0.3, -0.25) is 9.69 Å². The van der Waals surface area contributed by atoms with Crippen LogP contribution in [-0.4, -0.2) is 54.1 Å². The highest BCUT2D eigenvalue weighted by molar-refractivity contribution is 7.08. The molecule has 5 nitrogen and oxygen atoms in total. The molecule has 2 aliphatic rings. The van der Waals surface area contributed by atoms with Crippen molar-refractivity contribution < 1.29 is 13.9 Å². The molecule has 1 unspecified atom stereocenters. The van der Waals surface area contributed by atoms with E-state index in [0.29, 0.717) is 6.04 Å². The largest absolute Gasteiger partial charge is 0.468 e. The number of ether oxygens (including phenoxy) is 1. The third kappa shape index (κ3) is 3.52. The van der Waals surface area contributed by atoms with E-state index in [0.717, 1.165) is 56.8 Å². The maximum atomic E-state index is 12.5. The Hall–Kier alpha value is -1.63. The lowest BCUT2D eigenvalue weighted by atomic mass is 9.87. The number of rotatable bonds is 4. The highest BCUT2D eigenvalue weighted by atomic mass is 32.1. The average Bonchev–Trinajstić information content (AvgIpc) is 3.37. The second-order valence-corrected chi connectivity index (χ2v) is 7.93. The average molecular weight is 360 g/mol. The normalized spacial score (nSPS) is 22.8. The molecule has 0 N–H and O–H groups in total. The molecule has 1 atom stereocenters. The molecule has 2 aliphatic heterocycles. The maximum absolute atomic E-state index is 12.5. The summed E-state index contributed by atoms with van der Waals surface area (Å²) in [6.07, 6.45) is 4.60. The molecule has 1 spiro atoms.